The number of hydrogen-bond donors (Lipinski definition) is 0. The van der Waals surface area contributed by atoms with E-state index < -0.39 is 0 Å². The molecule has 1 radical (unpaired) electrons. The van der Waals surface area contributed by atoms with E-state index in [-0.39, 0.29) is 0 Å². The van der Waals surface area contributed by atoms with E-state index in [2.05, 4.69) is 22.9 Å². The summed E-state index contributed by atoms with van der Waals surface area (Å²) in [4.78, 5) is 2.42. The van der Waals surface area contributed by atoms with Crippen molar-refractivity contribution in [2.45, 2.75) is 0 Å². The Bertz CT molecular complexity index is 818. The average Bonchev–Trinajstić information content (AvgIpc) is 3.35. The number of anilines is 2. The Kier molecular flexibility index (Phi) is 4.17. The molecule has 117 valence electrons. The first-order chi connectivity index (χ1) is 11.8. The molecule has 0 N–H and O–H groups in total. The minimum atomic E-state index is 0.638. The third-order valence-electron chi connectivity index (χ3n) is 3.82. The lowest BCUT2D eigenvalue weighted by Crippen LogP contribution is -2.07. The van der Waals surface area contributed by atoms with Crippen molar-refractivity contribution in [1.82, 2.24) is 0 Å². The van der Waals surface area contributed by atoms with Gasteiger partial charge in [-0.3, -0.25) is 0 Å². The Hall–Kier alpha value is -2.40. The molecule has 2 aromatic heterocycles. The highest BCUT2D eigenvalue weighted by atomic mass is 32.1. The predicted molar refractivity (Wildman–Crippen MR) is 102 cm³/mol. The third-order valence-corrected chi connectivity index (χ3v) is 5.65. The molecule has 0 saturated carbocycles. The van der Waals surface area contributed by atoms with Crippen LogP contribution in [-0.2, 0) is 5.21 Å². The molecule has 0 saturated heterocycles. The Balaban J connectivity index is 1.56. The molecule has 2 nitrogen and oxygen atoms in total. The van der Waals surface area contributed by atoms with Crippen molar-refractivity contribution in [1.29, 1.82) is 0 Å². The molecule has 0 aliphatic heterocycles. The first-order valence-corrected chi connectivity index (χ1v) is 9.32. The van der Waals surface area contributed by atoms with Crippen LogP contribution in [0.3, 0.4) is 0 Å². The lowest BCUT2D eigenvalue weighted by Gasteiger charge is -2.15. The van der Waals surface area contributed by atoms with Crippen LogP contribution >= 0.6 is 22.7 Å². The van der Waals surface area contributed by atoms with Gasteiger partial charge in [0.2, 0.25) is 0 Å². The van der Waals surface area contributed by atoms with Crippen LogP contribution < -0.4 is 5.06 Å². The topological polar surface area (TPSA) is 23.1 Å². The van der Waals surface area contributed by atoms with Crippen LogP contribution in [0.25, 0.3) is 20.9 Å². The van der Waals surface area contributed by atoms with E-state index in [0.29, 0.717) is 11.4 Å². The molecule has 0 unspecified atom stereocenters. The lowest BCUT2D eigenvalue weighted by molar-refractivity contribution is 0.196. The maximum absolute atomic E-state index is 12.6. The normalized spacial score (nSPS) is 10.7. The highest BCUT2D eigenvalue weighted by Gasteiger charge is 2.09. The number of rotatable bonds is 4. The van der Waals surface area contributed by atoms with E-state index in [4.69, 9.17) is 0 Å². The van der Waals surface area contributed by atoms with Gasteiger partial charge in [0.25, 0.3) is 0 Å². The first-order valence-electron chi connectivity index (χ1n) is 7.56. The molecule has 2 aromatic carbocycles. The van der Waals surface area contributed by atoms with Gasteiger partial charge in [0.1, 0.15) is 0 Å². The van der Waals surface area contributed by atoms with Gasteiger partial charge in [-0.15, -0.1) is 22.7 Å². The molecule has 24 heavy (non-hydrogen) atoms. The van der Waals surface area contributed by atoms with Gasteiger partial charge in [-0.1, -0.05) is 41.6 Å². The van der Waals surface area contributed by atoms with E-state index in [9.17, 15) is 5.21 Å². The van der Waals surface area contributed by atoms with Gasteiger partial charge >= 0.3 is 0 Å². The first kappa shape index (κ1) is 15.1. The number of nitrogens with zero attached hydrogens (tertiary/aromatic N) is 1. The zero-order chi connectivity index (χ0) is 16.4. The largest absolute Gasteiger partial charge is 0.188 e. The van der Waals surface area contributed by atoms with Crippen LogP contribution in [0, 0.1) is 0 Å². The Morgan fingerprint density at radius 1 is 0.583 bits per heavy atom. The van der Waals surface area contributed by atoms with Gasteiger partial charge < -0.3 is 0 Å². The van der Waals surface area contributed by atoms with Crippen molar-refractivity contribution >= 4 is 34.0 Å². The van der Waals surface area contributed by atoms with Crippen molar-refractivity contribution in [3.8, 4) is 20.9 Å². The fraction of sp³-hybridized carbons (Fsp3) is 0. The molecule has 4 aromatic rings. The maximum atomic E-state index is 12.6. The summed E-state index contributed by atoms with van der Waals surface area (Å²) in [5, 5.41) is 17.6. The molecule has 0 aliphatic rings. The van der Waals surface area contributed by atoms with Crippen molar-refractivity contribution in [2.75, 3.05) is 5.06 Å². The summed E-state index contributed by atoms with van der Waals surface area (Å²) < 4.78 is 0. The van der Waals surface area contributed by atoms with E-state index in [1.807, 2.05) is 60.7 Å². The molecule has 0 atom stereocenters. The monoisotopic (exact) mass is 348 g/mol. The SMILES string of the molecule is [O]N(c1ccc(-c2cccs2)cc1)c1ccc(-c2cccs2)cc1. The second kappa shape index (κ2) is 6.61. The van der Waals surface area contributed by atoms with Gasteiger partial charge in [-0.2, -0.15) is 5.06 Å². The van der Waals surface area contributed by atoms with E-state index in [0.717, 1.165) is 16.2 Å². The molecule has 0 fully saturated rings. The molecule has 0 spiro atoms. The number of hydrogen-bond acceptors (Lipinski definition) is 3. The molecule has 2 heterocycles. The molecule has 0 bridgehead atoms. The molecule has 4 heteroatoms. The fourth-order valence-electron chi connectivity index (χ4n) is 2.56. The van der Waals surface area contributed by atoms with Crippen molar-refractivity contribution in [3.63, 3.8) is 0 Å². The van der Waals surface area contributed by atoms with E-state index in [1.54, 1.807) is 22.7 Å². The fourth-order valence-corrected chi connectivity index (χ4v) is 4.02. The Labute approximate surface area is 148 Å². The van der Waals surface area contributed by atoms with Crippen LogP contribution in [-0.4, -0.2) is 0 Å². The summed E-state index contributed by atoms with van der Waals surface area (Å²) in [6.07, 6.45) is 0. The van der Waals surface area contributed by atoms with Crippen molar-refractivity contribution in [3.05, 3.63) is 83.6 Å². The summed E-state index contributed by atoms with van der Waals surface area (Å²) in [7, 11) is 0. The zero-order valence-electron chi connectivity index (χ0n) is 12.8. The summed E-state index contributed by atoms with van der Waals surface area (Å²) in [5.74, 6) is 0. The highest BCUT2D eigenvalue weighted by molar-refractivity contribution is 7.13. The second-order valence-corrected chi connectivity index (χ2v) is 7.24. The summed E-state index contributed by atoms with van der Waals surface area (Å²) in [5.41, 5.74) is 3.55. The zero-order valence-corrected chi connectivity index (χ0v) is 14.4. The molecule has 4 rings (SSSR count). The van der Waals surface area contributed by atoms with Crippen LogP contribution in [0.4, 0.5) is 11.4 Å². The minimum absolute atomic E-state index is 0.638. The van der Waals surface area contributed by atoms with Gasteiger partial charge in [0.05, 0.1) is 11.4 Å². The van der Waals surface area contributed by atoms with Crippen molar-refractivity contribution in [2.24, 2.45) is 0 Å². The Morgan fingerprint density at radius 2 is 1.00 bits per heavy atom. The summed E-state index contributed by atoms with van der Waals surface area (Å²) >= 11 is 3.39. The van der Waals surface area contributed by atoms with Gasteiger partial charge in [0, 0.05) is 9.75 Å². The minimum Gasteiger partial charge on any atom is -0.188 e. The maximum Gasteiger partial charge on any atom is 0.0727 e. The third kappa shape index (κ3) is 2.99. The molecule has 0 aliphatic carbocycles. The standard InChI is InChI=1S/C20H14NOS2/c22-21(17-9-5-15(6-10-17)19-3-1-13-23-19)18-11-7-16(8-12-18)20-4-2-14-24-20/h1-14H. The summed E-state index contributed by atoms with van der Waals surface area (Å²) in [6.45, 7) is 0. The molecular formula is C20H14NOS2. The predicted octanol–water partition coefficient (Wildman–Crippen LogP) is 6.63. The summed E-state index contributed by atoms with van der Waals surface area (Å²) in [6, 6.07) is 23.7. The van der Waals surface area contributed by atoms with Gasteiger partial charge in [-0.25, -0.2) is 0 Å². The lowest BCUT2D eigenvalue weighted by atomic mass is 10.1. The van der Waals surface area contributed by atoms with Gasteiger partial charge in [0.15, 0.2) is 0 Å². The molecule has 0 amide bonds. The number of benzene rings is 2. The smallest absolute Gasteiger partial charge is 0.0727 e. The molecular weight excluding hydrogens is 334 g/mol. The van der Waals surface area contributed by atoms with Gasteiger partial charge in [-0.05, 0) is 58.3 Å². The van der Waals surface area contributed by atoms with Crippen LogP contribution in [0.15, 0.2) is 83.6 Å². The van der Waals surface area contributed by atoms with Crippen LogP contribution in [0.5, 0.6) is 0 Å². The van der Waals surface area contributed by atoms with Crippen LogP contribution in [0.1, 0.15) is 0 Å². The van der Waals surface area contributed by atoms with E-state index >= 15 is 0 Å². The average molecular weight is 348 g/mol. The highest BCUT2D eigenvalue weighted by Crippen LogP contribution is 2.31. The van der Waals surface area contributed by atoms with Crippen molar-refractivity contribution < 1.29 is 5.21 Å². The second-order valence-electron chi connectivity index (χ2n) is 5.34. The van der Waals surface area contributed by atoms with Crippen LogP contribution in [0.2, 0.25) is 0 Å². The number of thiophene rings is 2. The quantitative estimate of drug-likeness (QED) is 0.380. The Morgan fingerprint density at radius 3 is 1.33 bits per heavy atom. The van der Waals surface area contributed by atoms with E-state index in [1.165, 1.54) is 9.75 Å².